The van der Waals surface area contributed by atoms with Crippen molar-refractivity contribution in [3.8, 4) is 0 Å². The van der Waals surface area contributed by atoms with Gasteiger partial charge in [-0.2, -0.15) is 4.98 Å². The van der Waals surface area contributed by atoms with Gasteiger partial charge in [-0.1, -0.05) is 28.9 Å². The molecule has 11 heteroatoms. The van der Waals surface area contributed by atoms with Crippen molar-refractivity contribution >= 4 is 22.8 Å². The lowest BCUT2D eigenvalue weighted by molar-refractivity contribution is -0.102. The number of alkyl halides is 2. The van der Waals surface area contributed by atoms with Crippen LogP contribution in [0.15, 0.2) is 46.2 Å². The average molecular weight is 447 g/mol. The zero-order valence-corrected chi connectivity index (χ0v) is 17.1. The molecule has 0 amide bonds. The van der Waals surface area contributed by atoms with Crippen LogP contribution in [0.2, 0.25) is 5.02 Å². The van der Waals surface area contributed by atoms with E-state index in [1.807, 2.05) is 0 Å². The number of hydrogen-bond donors (Lipinski definition) is 0. The molecule has 1 aliphatic rings. The maximum atomic E-state index is 14.8. The number of fused-ring (bicyclic) bond motifs is 1. The number of aryl methyl sites for hydroxylation is 1. The maximum absolute atomic E-state index is 14.8. The molecule has 1 aromatic carbocycles. The fourth-order valence-electron chi connectivity index (χ4n) is 3.88. The van der Waals surface area contributed by atoms with Gasteiger partial charge in [0.05, 0.1) is 6.33 Å². The van der Waals surface area contributed by atoms with Gasteiger partial charge in [0.15, 0.2) is 17.0 Å². The SMILES string of the molecule is Cn1cnc2ncn(Cc3nc(C4CC(C(F)(F)c5cccc(Cl)c5)C4)no3)c(=O)c21. The lowest BCUT2D eigenvalue weighted by atomic mass is 9.70. The molecule has 160 valence electrons. The predicted molar refractivity (Wildman–Crippen MR) is 107 cm³/mol. The van der Waals surface area contributed by atoms with Gasteiger partial charge in [-0.3, -0.25) is 9.36 Å². The Morgan fingerprint density at radius 2 is 2.03 bits per heavy atom. The van der Waals surface area contributed by atoms with E-state index >= 15 is 0 Å². The standard InChI is InChI=1S/C20H17ClF2N6O2/c1-28-9-24-18-16(28)19(30)29(10-25-18)8-15-26-17(27-31-15)11-5-13(6-11)20(22,23)12-3-2-4-14(21)7-12/h2-4,7,9-11,13H,5-6,8H2,1H3. The topological polar surface area (TPSA) is 91.6 Å². The summed E-state index contributed by atoms with van der Waals surface area (Å²) in [6.07, 6.45) is 3.36. The Bertz CT molecular complexity index is 1320. The van der Waals surface area contributed by atoms with Crippen LogP contribution < -0.4 is 5.56 Å². The van der Waals surface area contributed by atoms with Crippen molar-refractivity contribution in [1.82, 2.24) is 29.2 Å². The second-order valence-electron chi connectivity index (χ2n) is 7.75. The molecule has 31 heavy (non-hydrogen) atoms. The molecule has 4 aromatic rings. The van der Waals surface area contributed by atoms with Gasteiger partial charge in [-0.15, -0.1) is 0 Å². The Labute approximate surface area is 179 Å². The van der Waals surface area contributed by atoms with Gasteiger partial charge >= 0.3 is 0 Å². The first kappa shape index (κ1) is 19.8. The van der Waals surface area contributed by atoms with Gasteiger partial charge in [-0.25, -0.2) is 18.7 Å². The molecule has 1 fully saturated rings. The molecule has 3 aromatic heterocycles. The molecular weight excluding hydrogens is 430 g/mol. The van der Waals surface area contributed by atoms with Crippen molar-refractivity contribution in [2.24, 2.45) is 13.0 Å². The average Bonchev–Trinajstić information content (AvgIpc) is 3.30. The van der Waals surface area contributed by atoms with Crippen LogP contribution in [0.5, 0.6) is 0 Å². The molecule has 0 atom stereocenters. The van der Waals surface area contributed by atoms with E-state index in [9.17, 15) is 13.6 Å². The highest BCUT2D eigenvalue weighted by atomic mass is 35.5. The molecule has 5 rings (SSSR count). The van der Waals surface area contributed by atoms with Crippen molar-refractivity contribution in [2.45, 2.75) is 31.2 Å². The van der Waals surface area contributed by atoms with Crippen LogP contribution in [0.3, 0.4) is 0 Å². The molecule has 0 unspecified atom stereocenters. The molecule has 0 aliphatic heterocycles. The Morgan fingerprint density at radius 3 is 2.81 bits per heavy atom. The number of halogens is 3. The monoisotopic (exact) mass is 446 g/mol. The summed E-state index contributed by atoms with van der Waals surface area (Å²) in [7, 11) is 1.71. The van der Waals surface area contributed by atoms with Gasteiger partial charge < -0.3 is 9.09 Å². The second kappa shape index (κ2) is 7.23. The van der Waals surface area contributed by atoms with Crippen LogP contribution in [0.1, 0.15) is 36.0 Å². The van der Waals surface area contributed by atoms with Crippen molar-refractivity contribution < 1.29 is 13.3 Å². The lowest BCUT2D eigenvalue weighted by Crippen LogP contribution is -2.36. The minimum Gasteiger partial charge on any atom is -0.337 e. The van der Waals surface area contributed by atoms with Crippen LogP contribution in [0.25, 0.3) is 11.2 Å². The molecule has 3 heterocycles. The Hall–Kier alpha value is -3.14. The fraction of sp³-hybridized carbons (Fsp3) is 0.350. The number of rotatable bonds is 5. The summed E-state index contributed by atoms with van der Waals surface area (Å²) in [5.74, 6) is -3.44. The van der Waals surface area contributed by atoms with Gasteiger partial charge in [0.2, 0.25) is 5.89 Å². The van der Waals surface area contributed by atoms with Gasteiger partial charge in [0.1, 0.15) is 12.9 Å². The van der Waals surface area contributed by atoms with E-state index in [2.05, 4.69) is 20.1 Å². The number of nitrogens with zero attached hydrogens (tertiary/aromatic N) is 6. The second-order valence-corrected chi connectivity index (χ2v) is 8.19. The van der Waals surface area contributed by atoms with E-state index in [4.69, 9.17) is 16.1 Å². The number of imidazole rings is 1. The maximum Gasteiger partial charge on any atom is 0.280 e. The Morgan fingerprint density at radius 1 is 1.26 bits per heavy atom. The first-order valence-corrected chi connectivity index (χ1v) is 10.0. The Kier molecular flexibility index (Phi) is 4.62. The highest BCUT2D eigenvalue weighted by molar-refractivity contribution is 6.30. The molecule has 1 saturated carbocycles. The summed E-state index contributed by atoms with van der Waals surface area (Å²) < 4.78 is 37.7. The van der Waals surface area contributed by atoms with Crippen LogP contribution in [-0.2, 0) is 19.5 Å². The van der Waals surface area contributed by atoms with Gasteiger partial charge in [0.25, 0.3) is 11.5 Å². The summed E-state index contributed by atoms with van der Waals surface area (Å²) in [5, 5.41) is 4.21. The minimum atomic E-state index is -2.98. The van der Waals surface area contributed by atoms with Gasteiger partial charge in [0, 0.05) is 29.5 Å². The first-order valence-electron chi connectivity index (χ1n) is 9.65. The lowest BCUT2D eigenvalue weighted by Gasteiger charge is -2.38. The summed E-state index contributed by atoms with van der Waals surface area (Å²) in [4.78, 5) is 25.1. The third-order valence-electron chi connectivity index (χ3n) is 5.72. The number of hydrogen-bond acceptors (Lipinski definition) is 6. The van der Waals surface area contributed by atoms with Gasteiger partial charge in [-0.05, 0) is 25.0 Å². The predicted octanol–water partition coefficient (Wildman–Crippen LogP) is 3.50. The van der Waals surface area contributed by atoms with Crippen LogP contribution in [0.4, 0.5) is 8.78 Å². The molecule has 1 aliphatic carbocycles. The zero-order valence-electron chi connectivity index (χ0n) is 16.4. The van der Waals surface area contributed by atoms with Crippen molar-refractivity contribution in [3.05, 3.63) is 69.6 Å². The van der Waals surface area contributed by atoms with E-state index < -0.39 is 11.8 Å². The summed E-state index contributed by atoms with van der Waals surface area (Å²) in [6, 6.07) is 5.77. The van der Waals surface area contributed by atoms with E-state index in [-0.39, 0.29) is 47.3 Å². The van der Waals surface area contributed by atoms with Crippen LogP contribution in [-0.4, -0.2) is 29.2 Å². The normalized spacial score (nSPS) is 19.0. The van der Waals surface area contributed by atoms with Crippen LogP contribution >= 0.6 is 11.6 Å². The van der Waals surface area contributed by atoms with E-state index in [0.717, 1.165) is 0 Å². The van der Waals surface area contributed by atoms with E-state index in [1.54, 1.807) is 17.7 Å². The quantitative estimate of drug-likeness (QED) is 0.466. The molecule has 0 N–H and O–H groups in total. The largest absolute Gasteiger partial charge is 0.337 e. The first-order chi connectivity index (χ1) is 14.8. The highest BCUT2D eigenvalue weighted by Gasteiger charge is 2.50. The molecular formula is C20H17ClF2N6O2. The summed E-state index contributed by atoms with van der Waals surface area (Å²) >= 11 is 5.86. The van der Waals surface area contributed by atoms with Crippen LogP contribution in [0, 0.1) is 5.92 Å². The molecule has 0 bridgehead atoms. The molecule has 8 nitrogen and oxygen atoms in total. The minimum absolute atomic E-state index is 0.0365. The number of aromatic nitrogens is 6. The van der Waals surface area contributed by atoms with E-state index in [0.29, 0.717) is 17.0 Å². The Balaban J connectivity index is 1.29. The third-order valence-corrected chi connectivity index (χ3v) is 5.95. The molecule has 0 spiro atoms. The number of benzene rings is 1. The van der Waals surface area contributed by atoms with E-state index in [1.165, 1.54) is 35.4 Å². The van der Waals surface area contributed by atoms with Crippen molar-refractivity contribution in [3.63, 3.8) is 0 Å². The van der Waals surface area contributed by atoms with Crippen molar-refractivity contribution in [1.29, 1.82) is 0 Å². The fourth-order valence-corrected chi connectivity index (χ4v) is 4.07. The summed E-state index contributed by atoms with van der Waals surface area (Å²) in [6.45, 7) is 0.0365. The van der Waals surface area contributed by atoms with Crippen molar-refractivity contribution in [2.75, 3.05) is 0 Å². The highest BCUT2D eigenvalue weighted by Crippen LogP contribution is 2.52. The zero-order chi connectivity index (χ0) is 21.8. The molecule has 0 radical (unpaired) electrons. The smallest absolute Gasteiger partial charge is 0.280 e. The molecule has 0 saturated heterocycles. The third kappa shape index (κ3) is 3.40. The summed E-state index contributed by atoms with van der Waals surface area (Å²) in [5.41, 5.74) is 0.354.